The minimum atomic E-state index is -1.48. The average Bonchev–Trinajstić information content (AvgIpc) is 2.71. The zero-order chi connectivity index (χ0) is 20.8. The number of esters is 1. The number of ether oxygens (including phenoxy) is 1. The number of rotatable bonds is 7. The van der Waals surface area contributed by atoms with Crippen LogP contribution in [0, 0.1) is 5.92 Å². The fourth-order valence-corrected chi connectivity index (χ4v) is 3.77. The van der Waals surface area contributed by atoms with E-state index in [-0.39, 0.29) is 11.7 Å². The van der Waals surface area contributed by atoms with E-state index in [0.29, 0.717) is 5.56 Å². The zero-order valence-corrected chi connectivity index (χ0v) is 16.0. The number of hydrogen-bond acceptors (Lipinski definition) is 4. The first-order valence-electron chi connectivity index (χ1n) is 9.80. The molecule has 0 saturated heterocycles. The molecule has 2 N–H and O–H groups in total. The summed E-state index contributed by atoms with van der Waals surface area (Å²) >= 11 is 0. The van der Waals surface area contributed by atoms with Crippen LogP contribution in [0.5, 0.6) is 0 Å². The first kappa shape index (κ1) is 20.6. The predicted octanol–water partition coefficient (Wildman–Crippen LogP) is 4.27. The molecule has 0 amide bonds. The Kier molecular flexibility index (Phi) is 6.65. The topological polar surface area (TPSA) is 101 Å². The van der Waals surface area contributed by atoms with Crippen molar-refractivity contribution in [2.24, 2.45) is 5.92 Å². The largest absolute Gasteiger partial charge is 0.481 e. The Balaban J connectivity index is 1.87. The summed E-state index contributed by atoms with van der Waals surface area (Å²) in [6.45, 7) is 0. The van der Waals surface area contributed by atoms with Gasteiger partial charge in [0.05, 0.1) is 17.9 Å². The fourth-order valence-electron chi connectivity index (χ4n) is 3.77. The number of hydrogen-bond donors (Lipinski definition) is 2. The molecule has 2 aromatic rings. The molecule has 0 heterocycles. The first-order valence-corrected chi connectivity index (χ1v) is 9.80. The van der Waals surface area contributed by atoms with Crippen LogP contribution in [0.1, 0.15) is 44.1 Å². The highest BCUT2D eigenvalue weighted by molar-refractivity contribution is 6.02. The molecule has 3 rings (SSSR count). The molecule has 1 aliphatic rings. The molecular weight excluding hydrogens is 372 g/mol. The van der Waals surface area contributed by atoms with Crippen LogP contribution in [0.2, 0.25) is 0 Å². The Morgan fingerprint density at radius 2 is 1.69 bits per heavy atom. The standard InChI is InChI=1S/C23H24O6/c24-21(29-17-10-2-1-3-11-17)14-20(23(27)28)19(22(25)26)13-16-9-6-8-15-7-4-5-12-18(15)16/h4-9,12-13,17,20H,1-3,10-11,14H2,(H,25,26)(H,27,28). The number of carboxylic acid groups (broad SMARTS) is 2. The second kappa shape index (κ2) is 9.37. The second-order valence-corrected chi connectivity index (χ2v) is 7.32. The van der Waals surface area contributed by atoms with Crippen LogP contribution >= 0.6 is 0 Å². The van der Waals surface area contributed by atoms with Crippen molar-refractivity contribution in [3.05, 3.63) is 53.6 Å². The summed E-state index contributed by atoms with van der Waals surface area (Å²) in [6, 6.07) is 12.8. The molecule has 2 aromatic carbocycles. The third-order valence-electron chi connectivity index (χ3n) is 5.28. The van der Waals surface area contributed by atoms with Crippen LogP contribution in [0.15, 0.2) is 48.0 Å². The molecule has 0 bridgehead atoms. The lowest BCUT2D eigenvalue weighted by Gasteiger charge is -2.22. The SMILES string of the molecule is O=C(CC(C(=O)O)C(=Cc1cccc2ccccc12)C(=O)O)OC1CCCCC1. The van der Waals surface area contributed by atoms with Crippen LogP contribution in [-0.2, 0) is 19.1 Å². The summed E-state index contributed by atoms with van der Waals surface area (Å²) < 4.78 is 5.40. The summed E-state index contributed by atoms with van der Waals surface area (Å²) in [7, 11) is 0. The molecule has 0 radical (unpaired) electrons. The minimum Gasteiger partial charge on any atom is -0.481 e. The van der Waals surface area contributed by atoms with Gasteiger partial charge in [0.25, 0.3) is 0 Å². The van der Waals surface area contributed by atoms with Crippen LogP contribution in [0.3, 0.4) is 0 Å². The lowest BCUT2D eigenvalue weighted by molar-refractivity contribution is -0.155. The highest BCUT2D eigenvalue weighted by Crippen LogP contribution is 2.26. The Bertz CT molecular complexity index is 934. The second-order valence-electron chi connectivity index (χ2n) is 7.32. The summed E-state index contributed by atoms with van der Waals surface area (Å²) in [6.07, 6.45) is 5.21. The minimum absolute atomic E-state index is 0.207. The van der Waals surface area contributed by atoms with E-state index in [1.54, 1.807) is 12.1 Å². The smallest absolute Gasteiger partial charge is 0.332 e. The monoisotopic (exact) mass is 396 g/mol. The summed E-state index contributed by atoms with van der Waals surface area (Å²) in [5, 5.41) is 21.0. The van der Waals surface area contributed by atoms with Crippen molar-refractivity contribution >= 4 is 34.8 Å². The molecule has 6 nitrogen and oxygen atoms in total. The number of carboxylic acids is 2. The van der Waals surface area contributed by atoms with Gasteiger partial charge in [-0.25, -0.2) is 4.79 Å². The average molecular weight is 396 g/mol. The van der Waals surface area contributed by atoms with Crippen molar-refractivity contribution in [3.63, 3.8) is 0 Å². The Morgan fingerprint density at radius 3 is 2.38 bits per heavy atom. The van der Waals surface area contributed by atoms with Crippen molar-refractivity contribution in [2.75, 3.05) is 0 Å². The lowest BCUT2D eigenvalue weighted by atomic mass is 9.92. The fraction of sp³-hybridized carbons (Fsp3) is 0.348. The maximum atomic E-state index is 12.3. The van der Waals surface area contributed by atoms with E-state index in [9.17, 15) is 24.6 Å². The number of fused-ring (bicyclic) bond motifs is 1. The highest BCUT2D eigenvalue weighted by atomic mass is 16.5. The molecule has 1 saturated carbocycles. The van der Waals surface area contributed by atoms with E-state index in [2.05, 4.69) is 0 Å². The predicted molar refractivity (Wildman–Crippen MR) is 108 cm³/mol. The Morgan fingerprint density at radius 1 is 1.00 bits per heavy atom. The normalized spacial score (nSPS) is 16.3. The Hall–Kier alpha value is -3.15. The van der Waals surface area contributed by atoms with E-state index < -0.39 is 30.2 Å². The molecule has 1 fully saturated rings. The van der Waals surface area contributed by atoms with Crippen LogP contribution < -0.4 is 0 Å². The van der Waals surface area contributed by atoms with Gasteiger partial charge in [0, 0.05) is 0 Å². The molecule has 1 unspecified atom stereocenters. The van der Waals surface area contributed by atoms with E-state index in [0.717, 1.165) is 42.9 Å². The first-order chi connectivity index (χ1) is 14.0. The third kappa shape index (κ3) is 5.22. The van der Waals surface area contributed by atoms with Gasteiger partial charge in [-0.3, -0.25) is 9.59 Å². The molecule has 0 aromatic heterocycles. The molecule has 1 atom stereocenters. The molecule has 1 aliphatic carbocycles. The van der Waals surface area contributed by atoms with E-state index in [1.165, 1.54) is 6.08 Å². The van der Waals surface area contributed by atoms with Gasteiger partial charge in [-0.15, -0.1) is 0 Å². The van der Waals surface area contributed by atoms with Gasteiger partial charge in [0.1, 0.15) is 6.10 Å². The van der Waals surface area contributed by atoms with Crippen LogP contribution in [0.4, 0.5) is 0 Å². The molecule has 29 heavy (non-hydrogen) atoms. The van der Waals surface area contributed by atoms with Crippen molar-refractivity contribution in [3.8, 4) is 0 Å². The maximum Gasteiger partial charge on any atom is 0.332 e. The summed E-state index contributed by atoms with van der Waals surface area (Å²) in [4.78, 5) is 36.0. The highest BCUT2D eigenvalue weighted by Gasteiger charge is 2.31. The molecule has 0 aliphatic heterocycles. The van der Waals surface area contributed by atoms with E-state index >= 15 is 0 Å². The van der Waals surface area contributed by atoms with Crippen LogP contribution in [0.25, 0.3) is 16.8 Å². The number of carbonyl (C=O) groups is 3. The molecule has 152 valence electrons. The quantitative estimate of drug-likeness (QED) is 0.535. The van der Waals surface area contributed by atoms with E-state index in [1.807, 2.05) is 30.3 Å². The lowest BCUT2D eigenvalue weighted by Crippen LogP contribution is -2.28. The van der Waals surface area contributed by atoms with Crippen molar-refractivity contribution in [2.45, 2.75) is 44.6 Å². The van der Waals surface area contributed by atoms with Crippen molar-refractivity contribution in [1.29, 1.82) is 0 Å². The van der Waals surface area contributed by atoms with Crippen LogP contribution in [-0.4, -0.2) is 34.2 Å². The molecule has 6 heteroatoms. The Labute approximate surface area is 168 Å². The van der Waals surface area contributed by atoms with Crippen molar-refractivity contribution < 1.29 is 29.3 Å². The molecule has 0 spiro atoms. The van der Waals surface area contributed by atoms with Gasteiger partial charge in [-0.2, -0.15) is 0 Å². The zero-order valence-electron chi connectivity index (χ0n) is 16.0. The van der Waals surface area contributed by atoms with Gasteiger partial charge in [-0.1, -0.05) is 48.9 Å². The maximum absolute atomic E-state index is 12.3. The van der Waals surface area contributed by atoms with Gasteiger partial charge in [0.15, 0.2) is 0 Å². The number of aliphatic carboxylic acids is 2. The molecular formula is C23H24O6. The van der Waals surface area contributed by atoms with Gasteiger partial charge in [-0.05, 0) is 48.1 Å². The van der Waals surface area contributed by atoms with Gasteiger partial charge < -0.3 is 14.9 Å². The van der Waals surface area contributed by atoms with Gasteiger partial charge in [0.2, 0.25) is 0 Å². The number of benzene rings is 2. The van der Waals surface area contributed by atoms with Crippen molar-refractivity contribution in [1.82, 2.24) is 0 Å². The van der Waals surface area contributed by atoms with E-state index in [4.69, 9.17) is 4.74 Å². The third-order valence-corrected chi connectivity index (χ3v) is 5.28. The summed E-state index contributed by atoms with van der Waals surface area (Å²) in [5.74, 6) is -4.88. The number of carbonyl (C=O) groups excluding carboxylic acids is 1. The van der Waals surface area contributed by atoms with Gasteiger partial charge >= 0.3 is 17.9 Å². The summed E-state index contributed by atoms with van der Waals surface area (Å²) in [5.41, 5.74) is 0.252.